The first-order valence-corrected chi connectivity index (χ1v) is 4.20. The van der Waals surface area contributed by atoms with Crippen molar-refractivity contribution in [2.75, 3.05) is 5.73 Å². The first-order valence-electron chi connectivity index (χ1n) is 4.20. The van der Waals surface area contributed by atoms with E-state index < -0.39 is 11.6 Å². The molecule has 15 heavy (non-hydrogen) atoms. The first kappa shape index (κ1) is 9.51. The lowest BCUT2D eigenvalue weighted by Crippen LogP contribution is -1.94. The summed E-state index contributed by atoms with van der Waals surface area (Å²) in [6.07, 6.45) is 2.59. The second-order valence-corrected chi connectivity index (χ2v) is 2.95. The molecular weight excluding hydrogens is 200 g/mol. The van der Waals surface area contributed by atoms with Gasteiger partial charge in [-0.1, -0.05) is 0 Å². The van der Waals surface area contributed by atoms with Crippen LogP contribution in [0.5, 0.6) is 0 Å². The van der Waals surface area contributed by atoms with Gasteiger partial charge in [0.25, 0.3) is 0 Å². The molecule has 0 aliphatic rings. The van der Waals surface area contributed by atoms with Gasteiger partial charge in [0.15, 0.2) is 0 Å². The van der Waals surface area contributed by atoms with Crippen molar-refractivity contribution in [1.29, 1.82) is 0 Å². The number of benzene rings is 1. The van der Waals surface area contributed by atoms with E-state index in [2.05, 4.69) is 9.97 Å². The Bertz CT molecular complexity index is 483. The monoisotopic (exact) mass is 207 g/mol. The largest absolute Gasteiger partial charge is 0.382 e. The highest BCUT2D eigenvalue weighted by Gasteiger charge is 2.07. The van der Waals surface area contributed by atoms with Gasteiger partial charge in [0.05, 0.1) is 18.1 Å². The molecule has 1 heterocycles. The second-order valence-electron chi connectivity index (χ2n) is 2.95. The molecule has 1 aromatic heterocycles. The van der Waals surface area contributed by atoms with Crippen molar-refractivity contribution >= 4 is 5.82 Å². The zero-order valence-corrected chi connectivity index (χ0v) is 7.61. The Hall–Kier alpha value is -2.04. The predicted octanol–water partition coefficient (Wildman–Crippen LogP) is 2.00. The maximum atomic E-state index is 13.3. The maximum absolute atomic E-state index is 13.3. The van der Waals surface area contributed by atoms with Crippen molar-refractivity contribution in [2.45, 2.75) is 0 Å². The molecule has 5 heteroatoms. The predicted molar refractivity (Wildman–Crippen MR) is 51.8 cm³/mol. The Kier molecular flexibility index (Phi) is 2.29. The summed E-state index contributed by atoms with van der Waals surface area (Å²) >= 11 is 0. The van der Waals surface area contributed by atoms with Crippen LogP contribution in [-0.2, 0) is 0 Å². The highest BCUT2D eigenvalue weighted by atomic mass is 19.1. The molecule has 2 aromatic rings. The van der Waals surface area contributed by atoms with Gasteiger partial charge in [-0.05, 0) is 18.2 Å². The summed E-state index contributed by atoms with van der Waals surface area (Å²) in [7, 11) is 0. The Labute approximate surface area is 84.6 Å². The van der Waals surface area contributed by atoms with Crippen molar-refractivity contribution in [3.63, 3.8) is 0 Å². The van der Waals surface area contributed by atoms with Gasteiger partial charge in [0, 0.05) is 5.56 Å². The quantitative estimate of drug-likeness (QED) is 0.778. The number of hydrogen-bond acceptors (Lipinski definition) is 3. The SMILES string of the molecule is Nc1cnc(-c2cc(F)ccc2F)cn1. The topological polar surface area (TPSA) is 51.8 Å². The van der Waals surface area contributed by atoms with Crippen LogP contribution in [0.15, 0.2) is 30.6 Å². The lowest BCUT2D eigenvalue weighted by atomic mass is 10.1. The molecule has 0 aliphatic carbocycles. The van der Waals surface area contributed by atoms with Gasteiger partial charge in [-0.3, -0.25) is 4.98 Å². The maximum Gasteiger partial charge on any atom is 0.141 e. The van der Waals surface area contributed by atoms with Gasteiger partial charge in [0.2, 0.25) is 0 Å². The van der Waals surface area contributed by atoms with Gasteiger partial charge in [-0.25, -0.2) is 13.8 Å². The van der Waals surface area contributed by atoms with Gasteiger partial charge in [-0.2, -0.15) is 0 Å². The number of halogens is 2. The van der Waals surface area contributed by atoms with Gasteiger partial charge < -0.3 is 5.73 Å². The standard InChI is InChI=1S/C10H7F2N3/c11-6-1-2-8(12)7(3-6)9-4-15-10(13)5-14-9/h1-5H,(H2,13,15). The number of hydrogen-bond donors (Lipinski definition) is 1. The van der Waals surface area contributed by atoms with Crippen molar-refractivity contribution in [1.82, 2.24) is 9.97 Å². The fraction of sp³-hybridized carbons (Fsp3) is 0. The third-order valence-electron chi connectivity index (χ3n) is 1.88. The molecule has 0 amide bonds. The van der Waals surface area contributed by atoms with Crippen LogP contribution in [-0.4, -0.2) is 9.97 Å². The summed E-state index contributed by atoms with van der Waals surface area (Å²) in [5.41, 5.74) is 5.65. The van der Waals surface area contributed by atoms with Crippen molar-refractivity contribution in [3.05, 3.63) is 42.2 Å². The van der Waals surface area contributed by atoms with E-state index in [9.17, 15) is 8.78 Å². The van der Waals surface area contributed by atoms with E-state index in [-0.39, 0.29) is 17.1 Å². The summed E-state index contributed by atoms with van der Waals surface area (Å²) in [6.45, 7) is 0. The van der Waals surface area contributed by atoms with E-state index >= 15 is 0 Å². The number of rotatable bonds is 1. The number of nitrogen functional groups attached to an aromatic ring is 1. The first-order chi connectivity index (χ1) is 7.16. The van der Waals surface area contributed by atoms with E-state index in [0.717, 1.165) is 18.2 Å². The second kappa shape index (κ2) is 3.61. The molecule has 2 N–H and O–H groups in total. The third-order valence-corrected chi connectivity index (χ3v) is 1.88. The van der Waals surface area contributed by atoms with Crippen molar-refractivity contribution in [2.24, 2.45) is 0 Å². The molecule has 0 aliphatic heterocycles. The average Bonchev–Trinajstić information content (AvgIpc) is 2.23. The van der Waals surface area contributed by atoms with E-state index in [4.69, 9.17) is 5.73 Å². The minimum absolute atomic E-state index is 0.0718. The van der Waals surface area contributed by atoms with E-state index in [1.54, 1.807) is 0 Å². The zero-order valence-electron chi connectivity index (χ0n) is 7.61. The zero-order chi connectivity index (χ0) is 10.8. The molecule has 0 radical (unpaired) electrons. The summed E-state index contributed by atoms with van der Waals surface area (Å²) in [5.74, 6) is -0.837. The van der Waals surface area contributed by atoms with Crippen LogP contribution in [0.4, 0.5) is 14.6 Å². The smallest absolute Gasteiger partial charge is 0.141 e. The fourth-order valence-electron chi connectivity index (χ4n) is 1.17. The Morgan fingerprint density at radius 2 is 1.87 bits per heavy atom. The lowest BCUT2D eigenvalue weighted by Gasteiger charge is -2.02. The normalized spacial score (nSPS) is 10.3. The van der Waals surface area contributed by atoms with Gasteiger partial charge >= 0.3 is 0 Å². The molecule has 0 saturated carbocycles. The number of nitrogens with zero attached hydrogens (tertiary/aromatic N) is 2. The molecule has 1 aromatic carbocycles. The molecule has 0 bridgehead atoms. The van der Waals surface area contributed by atoms with Gasteiger partial charge in [0.1, 0.15) is 17.5 Å². The van der Waals surface area contributed by atoms with Crippen LogP contribution in [0.25, 0.3) is 11.3 Å². The molecule has 0 unspecified atom stereocenters. The van der Waals surface area contributed by atoms with Crippen molar-refractivity contribution in [3.8, 4) is 11.3 Å². The van der Waals surface area contributed by atoms with Crippen LogP contribution in [0.2, 0.25) is 0 Å². The minimum atomic E-state index is -0.546. The van der Waals surface area contributed by atoms with Crippen LogP contribution < -0.4 is 5.73 Å². The molecule has 0 saturated heterocycles. The highest BCUT2D eigenvalue weighted by molar-refractivity contribution is 5.59. The molecular formula is C10H7F2N3. The van der Waals surface area contributed by atoms with Crippen LogP contribution in [0.1, 0.15) is 0 Å². The van der Waals surface area contributed by atoms with Crippen LogP contribution >= 0.6 is 0 Å². The fourth-order valence-corrected chi connectivity index (χ4v) is 1.17. The summed E-state index contributed by atoms with van der Waals surface area (Å²) in [5, 5.41) is 0. The van der Waals surface area contributed by atoms with Crippen LogP contribution in [0.3, 0.4) is 0 Å². The summed E-state index contributed by atoms with van der Waals surface area (Å²) < 4.78 is 26.2. The summed E-state index contributed by atoms with van der Waals surface area (Å²) in [4.78, 5) is 7.61. The molecule has 0 spiro atoms. The molecule has 3 nitrogen and oxygen atoms in total. The highest BCUT2D eigenvalue weighted by Crippen LogP contribution is 2.21. The molecule has 0 fully saturated rings. The van der Waals surface area contributed by atoms with Crippen LogP contribution in [0, 0.1) is 11.6 Å². The average molecular weight is 207 g/mol. The van der Waals surface area contributed by atoms with E-state index in [1.807, 2.05) is 0 Å². The van der Waals surface area contributed by atoms with Crippen molar-refractivity contribution < 1.29 is 8.78 Å². The lowest BCUT2D eigenvalue weighted by molar-refractivity contribution is 0.602. The van der Waals surface area contributed by atoms with E-state index in [0.29, 0.717) is 0 Å². The molecule has 2 rings (SSSR count). The minimum Gasteiger partial charge on any atom is -0.382 e. The third kappa shape index (κ3) is 1.90. The Balaban J connectivity index is 2.53. The number of nitrogens with two attached hydrogens (primary N) is 1. The molecule has 0 atom stereocenters. The number of aromatic nitrogens is 2. The van der Waals surface area contributed by atoms with E-state index in [1.165, 1.54) is 12.4 Å². The summed E-state index contributed by atoms with van der Waals surface area (Å²) in [6, 6.07) is 3.15. The Morgan fingerprint density at radius 1 is 1.07 bits per heavy atom. The molecule has 76 valence electrons. The number of anilines is 1. The Morgan fingerprint density at radius 3 is 2.53 bits per heavy atom. The van der Waals surface area contributed by atoms with Gasteiger partial charge in [-0.15, -0.1) is 0 Å².